The fourth-order valence-corrected chi connectivity index (χ4v) is 4.25. The van der Waals surface area contributed by atoms with Crippen LogP contribution in [0.2, 0.25) is 0 Å². The van der Waals surface area contributed by atoms with Crippen molar-refractivity contribution < 1.29 is 14.7 Å². The van der Waals surface area contributed by atoms with Crippen LogP contribution in [-0.2, 0) is 4.79 Å². The second kappa shape index (κ2) is 6.90. The van der Waals surface area contributed by atoms with Gasteiger partial charge in [-0.1, -0.05) is 34.6 Å². The number of carboxylic acids is 1. The van der Waals surface area contributed by atoms with E-state index >= 15 is 0 Å². The lowest BCUT2D eigenvalue weighted by Crippen LogP contribution is -2.50. The van der Waals surface area contributed by atoms with Crippen LogP contribution in [-0.4, -0.2) is 65.7 Å². The van der Waals surface area contributed by atoms with Crippen LogP contribution >= 0.6 is 0 Å². The highest BCUT2D eigenvalue weighted by atomic mass is 16.4. The van der Waals surface area contributed by atoms with E-state index in [4.69, 9.17) is 5.11 Å². The van der Waals surface area contributed by atoms with Crippen molar-refractivity contribution in [2.45, 2.75) is 53.5 Å². The molecule has 2 aliphatic rings. The van der Waals surface area contributed by atoms with E-state index in [1.54, 1.807) is 0 Å². The lowest BCUT2D eigenvalue weighted by Gasteiger charge is -2.37. The summed E-state index contributed by atoms with van der Waals surface area (Å²) in [5.74, 6) is -0.260. The maximum absolute atomic E-state index is 12.4. The molecule has 0 bridgehead atoms. The highest BCUT2D eigenvalue weighted by Crippen LogP contribution is 2.67. The third-order valence-corrected chi connectivity index (χ3v) is 6.79. The Hall–Kier alpha value is -1.30. The standard InChI is InChI=1S/C18H33N3O3/c1-6-20(12-15(22)23)13-7-9-21(10-8-13)16(24)19-11-14-17(2,3)18(14,4)5/h13-14H,6-12H2,1-5H3,(H,19,24)(H,22,23). The van der Waals surface area contributed by atoms with Crippen LogP contribution in [0.15, 0.2) is 0 Å². The Morgan fingerprint density at radius 1 is 1.17 bits per heavy atom. The maximum Gasteiger partial charge on any atom is 0.317 e. The van der Waals surface area contributed by atoms with Gasteiger partial charge in [0.15, 0.2) is 0 Å². The first-order valence-corrected chi connectivity index (χ1v) is 9.09. The van der Waals surface area contributed by atoms with E-state index in [1.165, 1.54) is 0 Å². The average Bonchev–Trinajstić information content (AvgIpc) is 2.91. The van der Waals surface area contributed by atoms with Crippen LogP contribution < -0.4 is 5.32 Å². The van der Waals surface area contributed by atoms with Crippen molar-refractivity contribution in [3.63, 3.8) is 0 Å². The molecule has 6 heteroatoms. The van der Waals surface area contributed by atoms with Crippen LogP contribution in [0.3, 0.4) is 0 Å². The van der Waals surface area contributed by atoms with Gasteiger partial charge in [0.05, 0.1) is 6.54 Å². The molecule has 1 heterocycles. The maximum atomic E-state index is 12.4. The summed E-state index contributed by atoms with van der Waals surface area (Å²) >= 11 is 0. The molecule has 0 aromatic heterocycles. The van der Waals surface area contributed by atoms with Crippen LogP contribution in [0, 0.1) is 16.7 Å². The molecule has 24 heavy (non-hydrogen) atoms. The summed E-state index contributed by atoms with van der Waals surface area (Å²) in [6.07, 6.45) is 1.68. The average molecular weight is 339 g/mol. The molecule has 2 fully saturated rings. The van der Waals surface area contributed by atoms with Crippen molar-refractivity contribution in [3.05, 3.63) is 0 Å². The number of likely N-dealkylation sites (tertiary alicyclic amines) is 1. The van der Waals surface area contributed by atoms with Crippen molar-refractivity contribution in [2.24, 2.45) is 16.7 Å². The highest BCUT2D eigenvalue weighted by molar-refractivity contribution is 5.74. The van der Waals surface area contributed by atoms with Crippen molar-refractivity contribution in [1.82, 2.24) is 15.1 Å². The van der Waals surface area contributed by atoms with Gasteiger partial charge in [0.25, 0.3) is 0 Å². The van der Waals surface area contributed by atoms with Gasteiger partial charge >= 0.3 is 12.0 Å². The van der Waals surface area contributed by atoms with E-state index in [2.05, 4.69) is 33.0 Å². The predicted molar refractivity (Wildman–Crippen MR) is 93.9 cm³/mol. The first kappa shape index (κ1) is 19.0. The Kier molecular flexibility index (Phi) is 5.47. The Bertz CT molecular complexity index is 468. The Balaban J connectivity index is 1.76. The number of rotatable bonds is 6. The normalized spacial score (nSPS) is 23.3. The molecule has 0 aromatic carbocycles. The Morgan fingerprint density at radius 3 is 2.12 bits per heavy atom. The molecule has 0 radical (unpaired) electrons. The summed E-state index contributed by atoms with van der Waals surface area (Å²) in [4.78, 5) is 27.2. The van der Waals surface area contributed by atoms with Gasteiger partial charge in [0.1, 0.15) is 0 Å². The minimum absolute atomic E-state index is 0.0215. The number of carboxylic acid groups (broad SMARTS) is 1. The lowest BCUT2D eigenvalue weighted by atomic mass is 10.0. The second-order valence-corrected chi connectivity index (χ2v) is 8.36. The van der Waals surface area contributed by atoms with Gasteiger partial charge in [0.2, 0.25) is 0 Å². The minimum Gasteiger partial charge on any atom is -0.480 e. The molecular formula is C18H33N3O3. The molecular weight excluding hydrogens is 306 g/mol. The Labute approximate surface area is 145 Å². The molecule has 6 nitrogen and oxygen atoms in total. The van der Waals surface area contributed by atoms with Crippen molar-refractivity contribution >= 4 is 12.0 Å². The number of nitrogens with one attached hydrogen (secondary N) is 1. The van der Waals surface area contributed by atoms with Crippen molar-refractivity contribution in [3.8, 4) is 0 Å². The van der Waals surface area contributed by atoms with Crippen LogP contribution in [0.1, 0.15) is 47.5 Å². The van der Waals surface area contributed by atoms with Gasteiger partial charge in [-0.3, -0.25) is 9.69 Å². The van der Waals surface area contributed by atoms with Gasteiger partial charge in [-0.05, 0) is 36.1 Å². The highest BCUT2D eigenvalue weighted by Gasteiger charge is 2.64. The number of hydrogen-bond donors (Lipinski definition) is 2. The minimum atomic E-state index is -0.785. The summed E-state index contributed by atoms with van der Waals surface area (Å²) in [6, 6.07) is 0.282. The number of amides is 2. The summed E-state index contributed by atoms with van der Waals surface area (Å²) in [5, 5.41) is 12.1. The predicted octanol–water partition coefficient (Wildman–Crippen LogP) is 2.25. The number of carbonyl (C=O) groups excluding carboxylic acids is 1. The van der Waals surface area contributed by atoms with E-state index in [-0.39, 0.29) is 29.4 Å². The molecule has 1 aliphatic heterocycles. The van der Waals surface area contributed by atoms with Crippen molar-refractivity contribution in [1.29, 1.82) is 0 Å². The Morgan fingerprint density at radius 2 is 1.71 bits per heavy atom. The molecule has 0 atom stereocenters. The van der Waals surface area contributed by atoms with E-state index in [9.17, 15) is 9.59 Å². The number of piperidine rings is 1. The quantitative estimate of drug-likeness (QED) is 0.778. The third-order valence-electron chi connectivity index (χ3n) is 6.79. The molecule has 0 unspecified atom stereocenters. The van der Waals surface area contributed by atoms with Crippen LogP contribution in [0.25, 0.3) is 0 Å². The molecule has 0 aromatic rings. The zero-order chi connectivity index (χ0) is 18.1. The van der Waals surface area contributed by atoms with E-state index in [1.807, 2.05) is 16.7 Å². The van der Waals surface area contributed by atoms with Gasteiger partial charge in [-0.15, -0.1) is 0 Å². The fraction of sp³-hybridized carbons (Fsp3) is 0.889. The molecule has 1 saturated heterocycles. The summed E-state index contributed by atoms with van der Waals surface area (Å²) < 4.78 is 0. The first-order valence-electron chi connectivity index (χ1n) is 9.09. The number of hydrogen-bond acceptors (Lipinski definition) is 3. The lowest BCUT2D eigenvalue weighted by molar-refractivity contribution is -0.139. The van der Waals surface area contributed by atoms with Gasteiger partial charge in [0, 0.05) is 25.7 Å². The number of nitrogens with zero attached hydrogens (tertiary/aromatic N) is 2. The van der Waals surface area contributed by atoms with Gasteiger partial charge in [-0.2, -0.15) is 0 Å². The van der Waals surface area contributed by atoms with E-state index in [0.29, 0.717) is 19.0 Å². The monoisotopic (exact) mass is 339 g/mol. The summed E-state index contributed by atoms with van der Waals surface area (Å²) in [6.45, 7) is 14.0. The smallest absolute Gasteiger partial charge is 0.317 e. The zero-order valence-corrected chi connectivity index (χ0v) is 15.8. The second-order valence-electron chi connectivity index (χ2n) is 8.36. The van der Waals surface area contributed by atoms with E-state index in [0.717, 1.165) is 25.9 Å². The number of aliphatic carboxylic acids is 1. The van der Waals surface area contributed by atoms with E-state index < -0.39 is 5.97 Å². The van der Waals surface area contributed by atoms with Gasteiger partial charge in [-0.25, -0.2) is 4.79 Å². The summed E-state index contributed by atoms with van der Waals surface area (Å²) in [7, 11) is 0. The number of urea groups is 1. The molecule has 0 spiro atoms. The molecule has 138 valence electrons. The topological polar surface area (TPSA) is 72.9 Å². The molecule has 2 rings (SSSR count). The van der Waals surface area contributed by atoms with Crippen LogP contribution in [0.5, 0.6) is 0 Å². The fourth-order valence-electron chi connectivity index (χ4n) is 4.25. The van der Waals surface area contributed by atoms with Crippen LogP contribution in [0.4, 0.5) is 4.79 Å². The molecule has 2 N–H and O–H groups in total. The molecule has 1 aliphatic carbocycles. The molecule has 1 saturated carbocycles. The largest absolute Gasteiger partial charge is 0.480 e. The number of likely N-dealkylation sites (N-methyl/N-ethyl adjacent to an activating group) is 1. The van der Waals surface area contributed by atoms with Crippen molar-refractivity contribution in [2.75, 3.05) is 32.7 Å². The third kappa shape index (κ3) is 3.68. The zero-order valence-electron chi connectivity index (χ0n) is 15.8. The SMILES string of the molecule is CCN(CC(=O)O)C1CCN(C(=O)NCC2C(C)(C)C2(C)C)CC1. The molecule has 2 amide bonds. The van der Waals surface area contributed by atoms with Gasteiger partial charge < -0.3 is 15.3 Å². The first-order chi connectivity index (χ1) is 11.1. The summed E-state index contributed by atoms with van der Waals surface area (Å²) in [5.41, 5.74) is 0.567. The number of carbonyl (C=O) groups is 2.